The molecule has 0 aromatic heterocycles. The van der Waals surface area contributed by atoms with Gasteiger partial charge in [-0.05, 0) is 25.2 Å². The van der Waals surface area contributed by atoms with Crippen molar-refractivity contribution >= 4 is 0 Å². The van der Waals surface area contributed by atoms with Gasteiger partial charge in [-0.15, -0.1) is 0 Å². The second-order valence-electron chi connectivity index (χ2n) is 4.76. The van der Waals surface area contributed by atoms with E-state index in [9.17, 15) is 5.11 Å². The van der Waals surface area contributed by atoms with E-state index in [1.165, 1.54) is 51.4 Å². The molecule has 1 fully saturated rings. The van der Waals surface area contributed by atoms with E-state index in [1.807, 2.05) is 0 Å². The van der Waals surface area contributed by atoms with Crippen LogP contribution in [0.15, 0.2) is 0 Å². The summed E-state index contributed by atoms with van der Waals surface area (Å²) in [6.45, 7) is 3.59. The van der Waals surface area contributed by atoms with Crippen LogP contribution in [0, 0.1) is 5.92 Å². The van der Waals surface area contributed by atoms with Crippen molar-refractivity contribution in [2.45, 2.75) is 64.3 Å². The summed E-state index contributed by atoms with van der Waals surface area (Å²) in [6, 6.07) is 0.463. The zero-order chi connectivity index (χ0) is 10.9. The Morgan fingerprint density at radius 2 is 2.13 bits per heavy atom. The van der Waals surface area contributed by atoms with Gasteiger partial charge in [-0.3, -0.25) is 0 Å². The second-order valence-corrected chi connectivity index (χ2v) is 4.76. The van der Waals surface area contributed by atoms with E-state index in [4.69, 9.17) is 0 Å². The molecule has 0 aliphatic carbocycles. The number of hydrogen-bond acceptors (Lipinski definition) is 1. The number of aliphatic hydroxyl groups excluding tert-OH is 1. The normalized spacial score (nSPS) is 24.0. The van der Waals surface area contributed by atoms with Crippen LogP contribution >= 0.6 is 0 Å². The summed E-state index contributed by atoms with van der Waals surface area (Å²) in [5.41, 5.74) is 0. The lowest BCUT2D eigenvalue weighted by molar-refractivity contribution is 0.160. The highest BCUT2D eigenvalue weighted by Gasteiger charge is 2.22. The molecule has 0 bridgehead atoms. The van der Waals surface area contributed by atoms with Crippen molar-refractivity contribution in [1.29, 1.82) is 0 Å². The van der Waals surface area contributed by atoms with Gasteiger partial charge < -0.3 is 5.11 Å². The maximum absolute atomic E-state index is 9.37. The zero-order valence-electron chi connectivity index (χ0n) is 10.1. The van der Waals surface area contributed by atoms with Crippen LogP contribution in [0.25, 0.3) is 0 Å². The van der Waals surface area contributed by atoms with Crippen molar-refractivity contribution in [1.82, 2.24) is 5.32 Å². The summed E-state index contributed by atoms with van der Waals surface area (Å²) in [5.74, 6) is 0.446. The third-order valence-electron chi connectivity index (χ3n) is 3.48. The third kappa shape index (κ3) is 4.98. The van der Waals surface area contributed by atoms with E-state index in [0.717, 1.165) is 6.54 Å². The molecule has 1 radical (unpaired) electrons. The standard InChI is InChI=1S/C13H26NO/c1-2-3-4-5-8-12(11-15)13-9-6-7-10-14-13/h12-13,15H,2-11H2,1H3. The molecule has 2 heteroatoms. The Bertz CT molecular complexity index is 143. The molecule has 89 valence electrons. The molecule has 0 saturated carbocycles. The molecule has 1 saturated heterocycles. The summed E-state index contributed by atoms with van der Waals surface area (Å²) < 4.78 is 0. The number of rotatable bonds is 7. The molecule has 0 aromatic carbocycles. The number of unbranched alkanes of at least 4 members (excludes halogenated alkanes) is 3. The fourth-order valence-corrected chi connectivity index (χ4v) is 2.44. The van der Waals surface area contributed by atoms with Crippen LogP contribution in [-0.4, -0.2) is 24.3 Å². The van der Waals surface area contributed by atoms with E-state index >= 15 is 0 Å². The van der Waals surface area contributed by atoms with Crippen molar-refractivity contribution in [3.63, 3.8) is 0 Å². The molecule has 2 nitrogen and oxygen atoms in total. The second kappa shape index (κ2) is 8.12. The van der Waals surface area contributed by atoms with Gasteiger partial charge in [0.2, 0.25) is 0 Å². The average molecular weight is 212 g/mol. The first-order chi connectivity index (χ1) is 7.38. The summed E-state index contributed by atoms with van der Waals surface area (Å²) >= 11 is 0. The lowest BCUT2D eigenvalue weighted by atomic mass is 9.88. The summed E-state index contributed by atoms with van der Waals surface area (Å²) in [6.07, 6.45) is 10.1. The number of piperidine rings is 1. The largest absolute Gasteiger partial charge is 0.396 e. The highest BCUT2D eigenvalue weighted by molar-refractivity contribution is 4.79. The maximum Gasteiger partial charge on any atom is 0.0474 e. The molecule has 15 heavy (non-hydrogen) atoms. The van der Waals surface area contributed by atoms with Gasteiger partial charge in [0.15, 0.2) is 0 Å². The molecule has 0 amide bonds. The molecule has 0 spiro atoms. The van der Waals surface area contributed by atoms with Crippen molar-refractivity contribution in [2.75, 3.05) is 13.2 Å². The van der Waals surface area contributed by atoms with Gasteiger partial charge in [0.25, 0.3) is 0 Å². The molecule has 1 heterocycles. The smallest absolute Gasteiger partial charge is 0.0474 e. The third-order valence-corrected chi connectivity index (χ3v) is 3.48. The first-order valence-electron chi connectivity index (χ1n) is 6.66. The van der Waals surface area contributed by atoms with Gasteiger partial charge in [-0.25, -0.2) is 5.32 Å². The number of hydrogen-bond donors (Lipinski definition) is 1. The minimum absolute atomic E-state index is 0.334. The molecule has 1 aliphatic rings. The van der Waals surface area contributed by atoms with Crippen molar-refractivity contribution in [3.8, 4) is 0 Å². The summed E-state index contributed by atoms with van der Waals surface area (Å²) in [7, 11) is 0. The Morgan fingerprint density at radius 3 is 2.73 bits per heavy atom. The average Bonchev–Trinajstić information content (AvgIpc) is 2.30. The lowest BCUT2D eigenvalue weighted by Gasteiger charge is -2.28. The topological polar surface area (TPSA) is 34.3 Å². The van der Waals surface area contributed by atoms with Crippen LogP contribution in [0.5, 0.6) is 0 Å². The fraction of sp³-hybridized carbons (Fsp3) is 1.00. The highest BCUT2D eigenvalue weighted by Crippen LogP contribution is 2.21. The molecule has 1 N–H and O–H groups in total. The predicted molar refractivity (Wildman–Crippen MR) is 64.0 cm³/mol. The minimum Gasteiger partial charge on any atom is -0.396 e. The summed E-state index contributed by atoms with van der Waals surface area (Å²) in [4.78, 5) is 0. The minimum atomic E-state index is 0.334. The molecule has 2 unspecified atom stereocenters. The van der Waals surface area contributed by atoms with E-state index < -0.39 is 0 Å². The van der Waals surface area contributed by atoms with Crippen molar-refractivity contribution in [3.05, 3.63) is 0 Å². The molecule has 1 aliphatic heterocycles. The van der Waals surface area contributed by atoms with Crippen LogP contribution in [0.3, 0.4) is 0 Å². The maximum atomic E-state index is 9.37. The van der Waals surface area contributed by atoms with Crippen LogP contribution < -0.4 is 5.32 Å². The fourth-order valence-electron chi connectivity index (χ4n) is 2.44. The molecule has 2 atom stereocenters. The molecule has 0 aromatic rings. The van der Waals surface area contributed by atoms with Gasteiger partial charge in [-0.2, -0.15) is 0 Å². The Morgan fingerprint density at radius 1 is 1.27 bits per heavy atom. The van der Waals surface area contributed by atoms with Crippen LogP contribution in [0.4, 0.5) is 0 Å². The van der Waals surface area contributed by atoms with E-state index in [0.29, 0.717) is 18.6 Å². The van der Waals surface area contributed by atoms with Crippen LogP contribution in [0.2, 0.25) is 0 Å². The predicted octanol–water partition coefficient (Wildman–Crippen LogP) is 2.72. The van der Waals surface area contributed by atoms with Gasteiger partial charge in [0, 0.05) is 19.2 Å². The van der Waals surface area contributed by atoms with Gasteiger partial charge in [0.1, 0.15) is 0 Å². The number of aliphatic hydroxyl groups is 1. The Kier molecular flexibility index (Phi) is 7.03. The lowest BCUT2D eigenvalue weighted by Crippen LogP contribution is -2.36. The summed E-state index contributed by atoms with van der Waals surface area (Å²) in [5, 5.41) is 14.0. The quantitative estimate of drug-likeness (QED) is 0.647. The Balaban J connectivity index is 2.15. The number of nitrogens with zero attached hydrogens (tertiary/aromatic N) is 1. The molecular weight excluding hydrogens is 186 g/mol. The van der Waals surface area contributed by atoms with E-state index in [1.54, 1.807) is 0 Å². The Hall–Kier alpha value is -0.0800. The van der Waals surface area contributed by atoms with Gasteiger partial charge >= 0.3 is 0 Å². The zero-order valence-corrected chi connectivity index (χ0v) is 10.1. The van der Waals surface area contributed by atoms with E-state index in [2.05, 4.69) is 12.2 Å². The monoisotopic (exact) mass is 212 g/mol. The SMILES string of the molecule is CCCCCCC(CO)C1CCCC[N]1. The Labute approximate surface area is 94.5 Å². The van der Waals surface area contributed by atoms with Crippen LogP contribution in [0.1, 0.15) is 58.3 Å². The van der Waals surface area contributed by atoms with Crippen LogP contribution in [-0.2, 0) is 0 Å². The van der Waals surface area contributed by atoms with Crippen molar-refractivity contribution < 1.29 is 5.11 Å². The molecular formula is C13H26NO. The van der Waals surface area contributed by atoms with Crippen molar-refractivity contribution in [2.24, 2.45) is 5.92 Å². The van der Waals surface area contributed by atoms with E-state index in [-0.39, 0.29) is 0 Å². The highest BCUT2D eigenvalue weighted by atomic mass is 16.3. The van der Waals surface area contributed by atoms with Gasteiger partial charge in [0.05, 0.1) is 0 Å². The van der Waals surface area contributed by atoms with Gasteiger partial charge in [-0.1, -0.05) is 39.0 Å². The first-order valence-corrected chi connectivity index (χ1v) is 6.66. The molecule has 1 rings (SSSR count). The first kappa shape index (κ1) is 13.0.